The highest BCUT2D eigenvalue weighted by atomic mass is 32.2. The maximum atomic E-state index is 11.0. The van der Waals surface area contributed by atoms with Crippen molar-refractivity contribution in [2.75, 3.05) is 0 Å². The van der Waals surface area contributed by atoms with Gasteiger partial charge in [0.25, 0.3) is 0 Å². The molecule has 6 heteroatoms. The molecule has 0 aliphatic rings. The molecular formula is C12H10N2O3S. The molecule has 5 nitrogen and oxygen atoms in total. The molecule has 2 N–H and O–H groups in total. The van der Waals surface area contributed by atoms with Gasteiger partial charge in [-0.1, -0.05) is 6.07 Å². The van der Waals surface area contributed by atoms with Gasteiger partial charge in [0.05, 0.1) is 5.69 Å². The third kappa shape index (κ3) is 2.98. The molecule has 2 rings (SSSR count). The normalized spacial score (nSPS) is 10.2. The SMILES string of the molecule is O=C(O)c1cncnc1CSc1cccc(O)c1. The van der Waals surface area contributed by atoms with Crippen molar-refractivity contribution >= 4 is 17.7 Å². The summed E-state index contributed by atoms with van der Waals surface area (Å²) in [7, 11) is 0. The van der Waals surface area contributed by atoms with Gasteiger partial charge in [-0.2, -0.15) is 0 Å². The first-order valence-electron chi connectivity index (χ1n) is 5.11. The molecule has 1 heterocycles. The number of rotatable bonds is 4. The Kier molecular flexibility index (Phi) is 3.78. The maximum absolute atomic E-state index is 11.0. The van der Waals surface area contributed by atoms with Gasteiger partial charge in [0.1, 0.15) is 17.6 Å². The fourth-order valence-corrected chi connectivity index (χ4v) is 2.29. The van der Waals surface area contributed by atoms with Crippen LogP contribution in [-0.4, -0.2) is 26.2 Å². The van der Waals surface area contributed by atoms with Crippen molar-refractivity contribution in [3.05, 3.63) is 48.0 Å². The molecule has 0 saturated heterocycles. The van der Waals surface area contributed by atoms with E-state index in [9.17, 15) is 9.90 Å². The zero-order valence-electron chi connectivity index (χ0n) is 9.28. The molecule has 0 atom stereocenters. The van der Waals surface area contributed by atoms with Gasteiger partial charge in [0, 0.05) is 16.8 Å². The molecule has 0 bridgehead atoms. The largest absolute Gasteiger partial charge is 0.508 e. The van der Waals surface area contributed by atoms with Crippen molar-refractivity contribution in [3.63, 3.8) is 0 Å². The molecule has 1 aromatic heterocycles. The summed E-state index contributed by atoms with van der Waals surface area (Å²) in [5.74, 6) is -0.448. The van der Waals surface area contributed by atoms with E-state index in [1.807, 2.05) is 6.07 Å². The molecule has 18 heavy (non-hydrogen) atoms. The minimum absolute atomic E-state index is 0.102. The van der Waals surface area contributed by atoms with Crippen LogP contribution >= 0.6 is 11.8 Å². The average molecular weight is 262 g/mol. The Morgan fingerprint density at radius 2 is 2.22 bits per heavy atom. The Morgan fingerprint density at radius 1 is 1.39 bits per heavy atom. The van der Waals surface area contributed by atoms with E-state index in [2.05, 4.69) is 9.97 Å². The number of carboxylic acid groups (broad SMARTS) is 1. The topological polar surface area (TPSA) is 83.3 Å². The lowest BCUT2D eigenvalue weighted by molar-refractivity contribution is 0.0695. The van der Waals surface area contributed by atoms with Crippen LogP contribution in [0.25, 0.3) is 0 Å². The second-order valence-corrected chi connectivity index (χ2v) is 4.52. The molecule has 0 radical (unpaired) electrons. The monoisotopic (exact) mass is 262 g/mol. The van der Waals surface area contributed by atoms with Crippen molar-refractivity contribution in [1.29, 1.82) is 0 Å². The first-order valence-corrected chi connectivity index (χ1v) is 6.09. The number of hydrogen-bond acceptors (Lipinski definition) is 5. The van der Waals surface area contributed by atoms with Crippen molar-refractivity contribution in [2.24, 2.45) is 0 Å². The first kappa shape index (κ1) is 12.4. The predicted octanol–water partition coefficient (Wildman–Crippen LogP) is 2.17. The lowest BCUT2D eigenvalue weighted by atomic mass is 10.2. The smallest absolute Gasteiger partial charge is 0.339 e. The summed E-state index contributed by atoms with van der Waals surface area (Å²) in [6.45, 7) is 0. The maximum Gasteiger partial charge on any atom is 0.339 e. The Morgan fingerprint density at radius 3 is 2.94 bits per heavy atom. The molecule has 0 fully saturated rings. The van der Waals surface area contributed by atoms with E-state index in [4.69, 9.17) is 5.11 Å². The molecule has 0 unspecified atom stereocenters. The molecule has 0 spiro atoms. The Hall–Kier alpha value is -2.08. The van der Waals surface area contributed by atoms with Crippen molar-refractivity contribution in [3.8, 4) is 5.75 Å². The number of aromatic carboxylic acids is 1. The molecule has 2 aromatic rings. The van der Waals surface area contributed by atoms with Crippen molar-refractivity contribution < 1.29 is 15.0 Å². The number of aromatic nitrogens is 2. The number of carboxylic acids is 1. The summed E-state index contributed by atoms with van der Waals surface area (Å²) < 4.78 is 0. The second kappa shape index (κ2) is 5.50. The molecule has 0 amide bonds. The predicted molar refractivity (Wildman–Crippen MR) is 66.7 cm³/mol. The van der Waals surface area contributed by atoms with Gasteiger partial charge in [-0.15, -0.1) is 11.8 Å². The lowest BCUT2D eigenvalue weighted by Crippen LogP contribution is -2.04. The zero-order valence-corrected chi connectivity index (χ0v) is 10.1. The number of phenols is 1. The van der Waals surface area contributed by atoms with Crippen LogP contribution in [0.2, 0.25) is 0 Å². The number of phenolic OH excluding ortho intramolecular Hbond substituents is 1. The van der Waals surface area contributed by atoms with Gasteiger partial charge in [-0.05, 0) is 18.2 Å². The number of nitrogens with zero attached hydrogens (tertiary/aromatic N) is 2. The van der Waals surface area contributed by atoms with E-state index in [-0.39, 0.29) is 11.3 Å². The number of thioether (sulfide) groups is 1. The van der Waals surface area contributed by atoms with Gasteiger partial charge >= 0.3 is 5.97 Å². The molecule has 0 saturated carbocycles. The average Bonchev–Trinajstić information content (AvgIpc) is 2.37. The molecule has 0 aliphatic carbocycles. The molecule has 1 aromatic carbocycles. The Labute approximate surface area is 108 Å². The van der Waals surface area contributed by atoms with Crippen LogP contribution in [0.15, 0.2) is 41.7 Å². The summed E-state index contributed by atoms with van der Waals surface area (Å²) >= 11 is 1.41. The van der Waals surface area contributed by atoms with Gasteiger partial charge in [-0.3, -0.25) is 0 Å². The van der Waals surface area contributed by atoms with E-state index < -0.39 is 5.97 Å². The van der Waals surface area contributed by atoms with Gasteiger partial charge < -0.3 is 10.2 Å². The minimum Gasteiger partial charge on any atom is -0.508 e. The number of benzene rings is 1. The highest BCUT2D eigenvalue weighted by molar-refractivity contribution is 7.98. The van der Waals surface area contributed by atoms with Crippen LogP contribution in [-0.2, 0) is 5.75 Å². The fourth-order valence-electron chi connectivity index (χ4n) is 1.37. The third-order valence-corrected chi connectivity index (χ3v) is 3.22. The molecule has 92 valence electrons. The van der Waals surface area contributed by atoms with Crippen LogP contribution in [0.4, 0.5) is 0 Å². The zero-order chi connectivity index (χ0) is 13.0. The van der Waals surface area contributed by atoms with Crippen LogP contribution in [0.3, 0.4) is 0 Å². The standard InChI is InChI=1S/C12H10N2O3S/c15-8-2-1-3-9(4-8)18-6-11-10(12(16)17)5-13-7-14-11/h1-5,7,15H,6H2,(H,16,17). The van der Waals surface area contributed by atoms with E-state index in [1.54, 1.807) is 18.2 Å². The van der Waals surface area contributed by atoms with E-state index in [1.165, 1.54) is 24.3 Å². The molecular weight excluding hydrogens is 252 g/mol. The van der Waals surface area contributed by atoms with E-state index in [0.717, 1.165) is 4.90 Å². The number of aromatic hydroxyl groups is 1. The number of carbonyl (C=O) groups is 1. The minimum atomic E-state index is -1.04. The van der Waals surface area contributed by atoms with Crippen LogP contribution in [0.5, 0.6) is 5.75 Å². The second-order valence-electron chi connectivity index (χ2n) is 3.47. The summed E-state index contributed by atoms with van der Waals surface area (Å²) in [6, 6.07) is 6.77. The van der Waals surface area contributed by atoms with E-state index >= 15 is 0 Å². The van der Waals surface area contributed by atoms with Gasteiger partial charge in [0.15, 0.2) is 0 Å². The quantitative estimate of drug-likeness (QED) is 0.822. The van der Waals surface area contributed by atoms with Crippen molar-refractivity contribution in [1.82, 2.24) is 9.97 Å². The lowest BCUT2D eigenvalue weighted by Gasteiger charge is -2.04. The summed E-state index contributed by atoms with van der Waals surface area (Å²) in [5.41, 5.74) is 0.566. The third-order valence-electron chi connectivity index (χ3n) is 2.22. The van der Waals surface area contributed by atoms with Gasteiger partial charge in [-0.25, -0.2) is 14.8 Å². The highest BCUT2D eigenvalue weighted by Crippen LogP contribution is 2.25. The first-order chi connectivity index (χ1) is 8.66. The Balaban J connectivity index is 2.13. The van der Waals surface area contributed by atoms with E-state index in [0.29, 0.717) is 11.4 Å². The number of hydrogen-bond donors (Lipinski definition) is 2. The summed E-state index contributed by atoms with van der Waals surface area (Å²) in [6.07, 6.45) is 2.61. The summed E-state index contributed by atoms with van der Waals surface area (Å²) in [4.78, 5) is 19.5. The van der Waals surface area contributed by atoms with Gasteiger partial charge in [0.2, 0.25) is 0 Å². The summed E-state index contributed by atoms with van der Waals surface area (Å²) in [5, 5.41) is 18.3. The van der Waals surface area contributed by atoms with Crippen LogP contribution in [0, 0.1) is 0 Å². The molecule has 0 aliphatic heterocycles. The highest BCUT2D eigenvalue weighted by Gasteiger charge is 2.11. The van der Waals surface area contributed by atoms with Crippen LogP contribution in [0.1, 0.15) is 16.1 Å². The fraction of sp³-hybridized carbons (Fsp3) is 0.0833. The van der Waals surface area contributed by atoms with Crippen molar-refractivity contribution in [2.45, 2.75) is 10.6 Å². The Bertz CT molecular complexity index is 575. The van der Waals surface area contributed by atoms with Crippen LogP contribution < -0.4 is 0 Å².